The summed E-state index contributed by atoms with van der Waals surface area (Å²) in [7, 11) is 0. The van der Waals surface area contributed by atoms with E-state index in [1.54, 1.807) is 6.20 Å². The van der Waals surface area contributed by atoms with Gasteiger partial charge in [-0.05, 0) is 52.7 Å². The molecule has 2 rings (SSSR count). The highest BCUT2D eigenvalue weighted by atomic mass is 79.9. The van der Waals surface area contributed by atoms with Crippen LogP contribution in [0.3, 0.4) is 0 Å². The molecule has 0 radical (unpaired) electrons. The Hall–Kier alpha value is -0.870. The Morgan fingerprint density at radius 2 is 1.81 bits per heavy atom. The highest BCUT2D eigenvalue weighted by molar-refractivity contribution is 9.10. The molecule has 0 saturated heterocycles. The molecular weight excluding hydrogens is 334 g/mol. The number of rotatable bonds is 2. The minimum Gasteiger partial charge on any atom is -0.439 e. The van der Waals surface area contributed by atoms with Gasteiger partial charge in [0, 0.05) is 21.2 Å². The zero-order chi connectivity index (χ0) is 11.5. The lowest BCUT2D eigenvalue weighted by molar-refractivity contribution is 0.462. The lowest BCUT2D eigenvalue weighted by Crippen LogP contribution is -1.88. The minimum absolute atomic E-state index is 0.600. The van der Waals surface area contributed by atoms with Crippen molar-refractivity contribution in [2.24, 2.45) is 0 Å². The highest BCUT2D eigenvalue weighted by Gasteiger charge is 2.01. The Balaban J connectivity index is 2.20. The van der Waals surface area contributed by atoms with Gasteiger partial charge in [0.25, 0.3) is 0 Å². The summed E-state index contributed by atoms with van der Waals surface area (Å²) < 4.78 is 7.63. The van der Waals surface area contributed by atoms with Crippen LogP contribution in [0.15, 0.2) is 45.5 Å². The van der Waals surface area contributed by atoms with Gasteiger partial charge in [-0.2, -0.15) is 0 Å². The second-order valence-corrected chi connectivity index (χ2v) is 5.10. The average Bonchev–Trinajstić information content (AvgIpc) is 2.27. The molecule has 0 N–H and O–H groups in total. The lowest BCUT2D eigenvalue weighted by Gasteiger charge is -2.06. The van der Waals surface area contributed by atoms with Gasteiger partial charge < -0.3 is 4.74 Å². The molecule has 0 atom stereocenters. The summed E-state index contributed by atoms with van der Waals surface area (Å²) in [6, 6.07) is 9.54. The lowest BCUT2D eigenvalue weighted by atomic mass is 10.3. The van der Waals surface area contributed by atoms with E-state index in [1.807, 2.05) is 37.3 Å². The molecule has 0 saturated carbocycles. The Morgan fingerprint density at radius 1 is 1.12 bits per heavy atom. The standard InChI is InChI=1S/C12H9Br2NO/c1-8-6-12(15-7-11(8)14)16-10-4-2-9(13)3-5-10/h2-7H,1H3. The summed E-state index contributed by atoms with van der Waals surface area (Å²) in [5.41, 5.74) is 1.10. The van der Waals surface area contributed by atoms with Crippen molar-refractivity contribution in [2.45, 2.75) is 6.92 Å². The third-order valence-electron chi connectivity index (χ3n) is 2.06. The Bertz CT molecular complexity index is 497. The van der Waals surface area contributed by atoms with Crippen LogP contribution in [0.5, 0.6) is 11.6 Å². The van der Waals surface area contributed by atoms with E-state index in [-0.39, 0.29) is 0 Å². The van der Waals surface area contributed by atoms with E-state index in [9.17, 15) is 0 Å². The van der Waals surface area contributed by atoms with Crippen LogP contribution in [-0.4, -0.2) is 4.98 Å². The van der Waals surface area contributed by atoms with Crippen molar-refractivity contribution < 1.29 is 4.74 Å². The van der Waals surface area contributed by atoms with Crippen molar-refractivity contribution in [3.8, 4) is 11.6 Å². The molecule has 0 aliphatic heterocycles. The molecule has 1 aromatic heterocycles. The molecule has 0 unspecified atom stereocenters. The van der Waals surface area contributed by atoms with Crippen molar-refractivity contribution in [1.82, 2.24) is 4.98 Å². The van der Waals surface area contributed by atoms with Gasteiger partial charge in [-0.1, -0.05) is 15.9 Å². The van der Waals surface area contributed by atoms with Crippen LogP contribution in [0.4, 0.5) is 0 Å². The van der Waals surface area contributed by atoms with E-state index in [0.29, 0.717) is 5.88 Å². The second-order valence-electron chi connectivity index (χ2n) is 3.33. The number of hydrogen-bond donors (Lipinski definition) is 0. The molecule has 0 fully saturated rings. The van der Waals surface area contributed by atoms with Gasteiger partial charge in [-0.25, -0.2) is 4.98 Å². The normalized spacial score (nSPS) is 10.2. The van der Waals surface area contributed by atoms with Crippen molar-refractivity contribution in [1.29, 1.82) is 0 Å². The first-order valence-corrected chi connectivity index (χ1v) is 6.29. The van der Waals surface area contributed by atoms with E-state index in [4.69, 9.17) is 4.74 Å². The predicted octanol–water partition coefficient (Wildman–Crippen LogP) is 4.71. The maximum absolute atomic E-state index is 5.62. The van der Waals surface area contributed by atoms with Crippen LogP contribution in [0.2, 0.25) is 0 Å². The maximum Gasteiger partial charge on any atom is 0.219 e. The summed E-state index contributed by atoms with van der Waals surface area (Å²) in [5.74, 6) is 1.38. The predicted molar refractivity (Wildman–Crippen MR) is 70.9 cm³/mol. The molecule has 0 bridgehead atoms. The van der Waals surface area contributed by atoms with E-state index in [0.717, 1.165) is 20.3 Å². The van der Waals surface area contributed by atoms with Gasteiger partial charge in [0.2, 0.25) is 5.88 Å². The third kappa shape index (κ3) is 2.83. The summed E-state index contributed by atoms with van der Waals surface area (Å²) in [6.07, 6.45) is 1.74. The number of aromatic nitrogens is 1. The largest absolute Gasteiger partial charge is 0.439 e. The Labute approximate surface area is 111 Å². The van der Waals surface area contributed by atoms with Crippen molar-refractivity contribution in [3.05, 3.63) is 51.0 Å². The van der Waals surface area contributed by atoms with Gasteiger partial charge in [0.15, 0.2) is 0 Å². The van der Waals surface area contributed by atoms with E-state index < -0.39 is 0 Å². The van der Waals surface area contributed by atoms with Crippen LogP contribution in [-0.2, 0) is 0 Å². The van der Waals surface area contributed by atoms with E-state index in [2.05, 4.69) is 36.8 Å². The molecule has 1 heterocycles. The average molecular weight is 343 g/mol. The van der Waals surface area contributed by atoms with Crippen molar-refractivity contribution in [2.75, 3.05) is 0 Å². The first-order valence-electron chi connectivity index (χ1n) is 4.71. The molecule has 0 aliphatic carbocycles. The number of pyridine rings is 1. The summed E-state index contributed by atoms with van der Waals surface area (Å²) in [4.78, 5) is 4.18. The zero-order valence-electron chi connectivity index (χ0n) is 8.58. The Morgan fingerprint density at radius 3 is 2.44 bits per heavy atom. The van der Waals surface area contributed by atoms with E-state index in [1.165, 1.54) is 0 Å². The SMILES string of the molecule is Cc1cc(Oc2ccc(Br)cc2)ncc1Br. The molecule has 16 heavy (non-hydrogen) atoms. The van der Waals surface area contributed by atoms with Gasteiger partial charge in [0.05, 0.1) is 0 Å². The molecular formula is C12H9Br2NO. The molecule has 4 heteroatoms. The number of hydrogen-bond acceptors (Lipinski definition) is 2. The fraction of sp³-hybridized carbons (Fsp3) is 0.0833. The van der Waals surface area contributed by atoms with Crippen LogP contribution >= 0.6 is 31.9 Å². The molecule has 2 nitrogen and oxygen atoms in total. The Kier molecular flexibility index (Phi) is 3.61. The minimum atomic E-state index is 0.600. The second kappa shape index (κ2) is 4.97. The first kappa shape index (κ1) is 11.6. The van der Waals surface area contributed by atoms with Crippen LogP contribution in [0, 0.1) is 6.92 Å². The summed E-state index contributed by atoms with van der Waals surface area (Å²) >= 11 is 6.77. The molecule has 82 valence electrons. The fourth-order valence-electron chi connectivity index (χ4n) is 1.19. The maximum atomic E-state index is 5.62. The van der Waals surface area contributed by atoms with Gasteiger partial charge in [-0.15, -0.1) is 0 Å². The van der Waals surface area contributed by atoms with Gasteiger partial charge in [-0.3, -0.25) is 0 Å². The molecule has 1 aromatic carbocycles. The van der Waals surface area contributed by atoms with Crippen LogP contribution in [0.1, 0.15) is 5.56 Å². The number of ether oxygens (including phenoxy) is 1. The van der Waals surface area contributed by atoms with Gasteiger partial charge in [0.1, 0.15) is 5.75 Å². The van der Waals surface area contributed by atoms with Gasteiger partial charge >= 0.3 is 0 Å². The zero-order valence-corrected chi connectivity index (χ0v) is 11.7. The quantitative estimate of drug-likeness (QED) is 0.788. The monoisotopic (exact) mass is 341 g/mol. The highest BCUT2D eigenvalue weighted by Crippen LogP contribution is 2.24. The number of halogens is 2. The number of benzene rings is 1. The fourth-order valence-corrected chi connectivity index (χ4v) is 1.67. The molecule has 0 spiro atoms. The number of nitrogens with zero attached hydrogens (tertiary/aromatic N) is 1. The topological polar surface area (TPSA) is 22.1 Å². The van der Waals surface area contributed by atoms with Crippen molar-refractivity contribution >= 4 is 31.9 Å². The first-order chi connectivity index (χ1) is 7.65. The van der Waals surface area contributed by atoms with Crippen LogP contribution < -0.4 is 4.74 Å². The summed E-state index contributed by atoms with van der Waals surface area (Å²) in [6.45, 7) is 2.00. The summed E-state index contributed by atoms with van der Waals surface area (Å²) in [5, 5.41) is 0. The van der Waals surface area contributed by atoms with Crippen molar-refractivity contribution in [3.63, 3.8) is 0 Å². The molecule has 0 amide bonds. The molecule has 2 aromatic rings. The third-order valence-corrected chi connectivity index (χ3v) is 3.42. The van der Waals surface area contributed by atoms with E-state index >= 15 is 0 Å². The number of aryl methyl sites for hydroxylation is 1. The molecule has 0 aliphatic rings. The van der Waals surface area contributed by atoms with Crippen LogP contribution in [0.25, 0.3) is 0 Å². The smallest absolute Gasteiger partial charge is 0.219 e.